The van der Waals surface area contributed by atoms with Gasteiger partial charge in [0.25, 0.3) is 0 Å². The van der Waals surface area contributed by atoms with Crippen LogP contribution in [0.5, 0.6) is 5.75 Å². The van der Waals surface area contributed by atoms with Crippen molar-refractivity contribution < 1.29 is 9.47 Å². The Bertz CT molecular complexity index is 556. The molecule has 1 aromatic carbocycles. The van der Waals surface area contributed by atoms with E-state index in [1.165, 1.54) is 16.6 Å². The Labute approximate surface area is 106 Å². The smallest absolute Gasteiger partial charge is 0.120 e. The van der Waals surface area contributed by atoms with Gasteiger partial charge in [0.05, 0.1) is 19.2 Å². The van der Waals surface area contributed by atoms with E-state index in [-0.39, 0.29) is 6.10 Å². The van der Waals surface area contributed by atoms with Crippen LogP contribution in [0.1, 0.15) is 11.8 Å². The van der Waals surface area contributed by atoms with Gasteiger partial charge in [0.2, 0.25) is 0 Å². The highest BCUT2D eigenvalue weighted by Crippen LogP contribution is 2.28. The summed E-state index contributed by atoms with van der Waals surface area (Å²) in [4.78, 5) is 0. The standard InChI is InChI=1S/C14H18N2O2/c1-16-12-8-11(17-2)4-3-10(12)7-13(16)14-9-15-5-6-18-14/h3-4,7-8,14-15H,5-6,9H2,1-2H3. The summed E-state index contributed by atoms with van der Waals surface area (Å²) in [6.45, 7) is 2.59. The number of nitrogens with zero attached hydrogens (tertiary/aromatic N) is 1. The predicted octanol–water partition coefficient (Wildman–Crippen LogP) is 1.85. The van der Waals surface area contributed by atoms with Crippen molar-refractivity contribution >= 4 is 10.9 Å². The number of aryl methyl sites for hydroxylation is 1. The Morgan fingerprint density at radius 2 is 2.28 bits per heavy atom. The van der Waals surface area contributed by atoms with Gasteiger partial charge in [0.1, 0.15) is 11.9 Å². The molecule has 1 aliphatic rings. The fourth-order valence-corrected chi connectivity index (χ4v) is 2.52. The topological polar surface area (TPSA) is 35.4 Å². The van der Waals surface area contributed by atoms with Crippen molar-refractivity contribution in [2.75, 3.05) is 26.8 Å². The molecule has 4 nitrogen and oxygen atoms in total. The van der Waals surface area contributed by atoms with Crippen LogP contribution in [-0.4, -0.2) is 31.4 Å². The van der Waals surface area contributed by atoms with E-state index in [0.29, 0.717) is 0 Å². The molecule has 1 fully saturated rings. The van der Waals surface area contributed by atoms with Crippen LogP contribution >= 0.6 is 0 Å². The van der Waals surface area contributed by atoms with Crippen LogP contribution in [0.3, 0.4) is 0 Å². The van der Waals surface area contributed by atoms with Gasteiger partial charge >= 0.3 is 0 Å². The van der Waals surface area contributed by atoms with Crippen molar-refractivity contribution in [3.8, 4) is 5.75 Å². The highest BCUT2D eigenvalue weighted by Gasteiger charge is 2.20. The lowest BCUT2D eigenvalue weighted by Crippen LogP contribution is -2.34. The van der Waals surface area contributed by atoms with E-state index in [9.17, 15) is 0 Å². The number of morpholine rings is 1. The van der Waals surface area contributed by atoms with E-state index < -0.39 is 0 Å². The second kappa shape index (κ2) is 4.63. The molecular weight excluding hydrogens is 228 g/mol. The first-order valence-electron chi connectivity index (χ1n) is 6.25. The summed E-state index contributed by atoms with van der Waals surface area (Å²) in [6.07, 6.45) is 0.141. The van der Waals surface area contributed by atoms with Crippen LogP contribution < -0.4 is 10.1 Å². The maximum absolute atomic E-state index is 5.82. The number of nitrogens with one attached hydrogen (secondary N) is 1. The van der Waals surface area contributed by atoms with Crippen molar-refractivity contribution in [2.24, 2.45) is 7.05 Å². The van der Waals surface area contributed by atoms with Gasteiger partial charge in [-0.05, 0) is 18.2 Å². The molecule has 0 saturated carbocycles. The van der Waals surface area contributed by atoms with Crippen LogP contribution in [-0.2, 0) is 11.8 Å². The Balaban J connectivity index is 2.04. The van der Waals surface area contributed by atoms with Gasteiger partial charge in [-0.3, -0.25) is 0 Å². The third-order valence-corrected chi connectivity index (χ3v) is 3.55. The van der Waals surface area contributed by atoms with Gasteiger partial charge in [-0.1, -0.05) is 0 Å². The molecule has 2 heterocycles. The molecule has 18 heavy (non-hydrogen) atoms. The molecule has 1 saturated heterocycles. The number of aromatic nitrogens is 1. The summed E-state index contributed by atoms with van der Waals surface area (Å²) in [5.41, 5.74) is 2.39. The lowest BCUT2D eigenvalue weighted by Gasteiger charge is -2.24. The monoisotopic (exact) mass is 246 g/mol. The lowest BCUT2D eigenvalue weighted by atomic mass is 10.2. The normalized spacial score (nSPS) is 20.2. The number of ether oxygens (including phenoxy) is 2. The molecule has 2 aromatic rings. The van der Waals surface area contributed by atoms with Crippen LogP contribution in [0.25, 0.3) is 10.9 Å². The Morgan fingerprint density at radius 1 is 1.39 bits per heavy atom. The molecule has 1 aromatic heterocycles. The minimum Gasteiger partial charge on any atom is -0.497 e. The van der Waals surface area contributed by atoms with E-state index >= 15 is 0 Å². The first-order chi connectivity index (χ1) is 8.79. The van der Waals surface area contributed by atoms with Crippen molar-refractivity contribution in [3.63, 3.8) is 0 Å². The number of rotatable bonds is 2. The zero-order valence-corrected chi connectivity index (χ0v) is 10.8. The molecule has 1 N–H and O–H groups in total. The van der Waals surface area contributed by atoms with Crippen molar-refractivity contribution in [1.82, 2.24) is 9.88 Å². The van der Waals surface area contributed by atoms with Crippen molar-refractivity contribution in [2.45, 2.75) is 6.10 Å². The maximum atomic E-state index is 5.82. The molecule has 0 radical (unpaired) electrons. The maximum Gasteiger partial charge on any atom is 0.120 e. The molecule has 0 aliphatic carbocycles. The summed E-state index contributed by atoms with van der Waals surface area (Å²) in [5, 5.41) is 4.59. The lowest BCUT2D eigenvalue weighted by molar-refractivity contribution is 0.0236. The first kappa shape index (κ1) is 11.6. The third-order valence-electron chi connectivity index (χ3n) is 3.55. The van der Waals surface area contributed by atoms with Crippen molar-refractivity contribution in [3.05, 3.63) is 30.0 Å². The summed E-state index contributed by atoms with van der Waals surface area (Å²) in [6, 6.07) is 8.35. The van der Waals surface area contributed by atoms with Gasteiger partial charge in [-0.25, -0.2) is 0 Å². The quantitative estimate of drug-likeness (QED) is 0.878. The molecule has 0 spiro atoms. The molecule has 4 heteroatoms. The largest absolute Gasteiger partial charge is 0.497 e. The Morgan fingerprint density at radius 3 is 3.00 bits per heavy atom. The molecular formula is C14H18N2O2. The molecule has 96 valence electrons. The molecule has 1 unspecified atom stereocenters. The Kier molecular flexibility index (Phi) is 2.97. The highest BCUT2D eigenvalue weighted by molar-refractivity contribution is 5.82. The highest BCUT2D eigenvalue weighted by atomic mass is 16.5. The fraction of sp³-hybridized carbons (Fsp3) is 0.429. The summed E-state index contributed by atoms with van der Waals surface area (Å²) in [5.74, 6) is 0.887. The van der Waals surface area contributed by atoms with Gasteiger partial charge in [-0.15, -0.1) is 0 Å². The number of fused-ring (bicyclic) bond motifs is 1. The third kappa shape index (κ3) is 1.87. The van der Waals surface area contributed by atoms with Crippen LogP contribution in [0.15, 0.2) is 24.3 Å². The Hall–Kier alpha value is -1.52. The minimum atomic E-state index is 0.141. The summed E-state index contributed by atoms with van der Waals surface area (Å²) < 4.78 is 13.3. The van der Waals surface area contributed by atoms with E-state index in [1.54, 1.807) is 7.11 Å². The van der Waals surface area contributed by atoms with Crippen molar-refractivity contribution in [1.29, 1.82) is 0 Å². The van der Waals surface area contributed by atoms with E-state index in [2.05, 4.69) is 35.1 Å². The van der Waals surface area contributed by atoms with Gasteiger partial charge in [-0.2, -0.15) is 0 Å². The summed E-state index contributed by atoms with van der Waals surface area (Å²) >= 11 is 0. The van der Waals surface area contributed by atoms with E-state index in [0.717, 1.165) is 25.4 Å². The minimum absolute atomic E-state index is 0.141. The predicted molar refractivity (Wildman–Crippen MR) is 71.0 cm³/mol. The fourth-order valence-electron chi connectivity index (χ4n) is 2.52. The van der Waals surface area contributed by atoms with Crippen LogP contribution in [0.2, 0.25) is 0 Å². The molecule has 1 atom stereocenters. The molecule has 1 aliphatic heterocycles. The number of methoxy groups -OCH3 is 1. The van der Waals surface area contributed by atoms with E-state index in [1.807, 2.05) is 6.07 Å². The average Bonchev–Trinajstić information content (AvgIpc) is 2.77. The van der Waals surface area contributed by atoms with Gasteiger partial charge in [0, 0.05) is 37.3 Å². The molecule has 3 rings (SSSR count). The first-order valence-corrected chi connectivity index (χ1v) is 6.25. The molecule has 0 amide bonds. The van der Waals surface area contributed by atoms with Gasteiger partial charge in [0.15, 0.2) is 0 Å². The average molecular weight is 246 g/mol. The van der Waals surface area contributed by atoms with Crippen LogP contribution in [0.4, 0.5) is 0 Å². The zero-order valence-electron chi connectivity index (χ0n) is 10.8. The second-order valence-corrected chi connectivity index (χ2v) is 4.62. The van der Waals surface area contributed by atoms with Crippen LogP contribution in [0, 0.1) is 0 Å². The number of benzene rings is 1. The van der Waals surface area contributed by atoms with Gasteiger partial charge < -0.3 is 19.4 Å². The SMILES string of the molecule is COc1ccc2cc(C3CNCCO3)n(C)c2c1. The number of hydrogen-bond donors (Lipinski definition) is 1. The number of hydrogen-bond acceptors (Lipinski definition) is 3. The second-order valence-electron chi connectivity index (χ2n) is 4.62. The molecule has 0 bridgehead atoms. The zero-order chi connectivity index (χ0) is 12.5. The van der Waals surface area contributed by atoms with E-state index in [4.69, 9.17) is 9.47 Å². The summed E-state index contributed by atoms with van der Waals surface area (Å²) in [7, 11) is 3.77.